The molecule has 0 spiro atoms. The lowest BCUT2D eigenvalue weighted by Crippen LogP contribution is -2.32. The highest BCUT2D eigenvalue weighted by atomic mass is 16.7. The minimum absolute atomic E-state index is 0.0945. The molecule has 2 aliphatic rings. The summed E-state index contributed by atoms with van der Waals surface area (Å²) in [5, 5.41) is 5.98. The summed E-state index contributed by atoms with van der Waals surface area (Å²) in [6.45, 7) is 1.48. The summed E-state index contributed by atoms with van der Waals surface area (Å²) in [5.74, 6) is 1.67. The first-order valence-electron chi connectivity index (χ1n) is 8.16. The summed E-state index contributed by atoms with van der Waals surface area (Å²) < 4.78 is 16.1. The van der Waals surface area contributed by atoms with E-state index in [2.05, 4.69) is 20.6 Å². The third-order valence-electron chi connectivity index (χ3n) is 4.06. The monoisotopic (exact) mass is 342 g/mol. The van der Waals surface area contributed by atoms with Crippen LogP contribution in [-0.4, -0.2) is 41.9 Å². The van der Waals surface area contributed by atoms with Crippen molar-refractivity contribution in [2.24, 2.45) is 0 Å². The van der Waals surface area contributed by atoms with Gasteiger partial charge in [0, 0.05) is 31.0 Å². The SMILES string of the molecule is O=C(NCC1CCCO1)c1cc(Nc2ccc3c(c2)OCO3)ncn1. The van der Waals surface area contributed by atoms with Crippen LogP contribution in [0.5, 0.6) is 11.5 Å². The van der Waals surface area contributed by atoms with E-state index in [1.54, 1.807) is 6.07 Å². The van der Waals surface area contributed by atoms with Crippen LogP contribution < -0.4 is 20.1 Å². The van der Waals surface area contributed by atoms with Crippen LogP contribution >= 0.6 is 0 Å². The normalized spacial score (nSPS) is 18.2. The molecule has 1 fully saturated rings. The number of benzene rings is 1. The Morgan fingerprint density at radius 2 is 2.12 bits per heavy atom. The van der Waals surface area contributed by atoms with Crippen molar-refractivity contribution in [1.29, 1.82) is 0 Å². The molecule has 1 atom stereocenters. The molecule has 2 aromatic rings. The van der Waals surface area contributed by atoms with Crippen molar-refractivity contribution >= 4 is 17.4 Å². The van der Waals surface area contributed by atoms with Gasteiger partial charge in [-0.2, -0.15) is 0 Å². The van der Waals surface area contributed by atoms with Crippen LogP contribution in [-0.2, 0) is 4.74 Å². The van der Waals surface area contributed by atoms with Crippen molar-refractivity contribution in [2.45, 2.75) is 18.9 Å². The molecule has 1 unspecified atom stereocenters. The largest absolute Gasteiger partial charge is 0.454 e. The van der Waals surface area contributed by atoms with Crippen LogP contribution in [0.25, 0.3) is 0 Å². The van der Waals surface area contributed by atoms with Gasteiger partial charge in [0.1, 0.15) is 17.8 Å². The number of amides is 1. The topological polar surface area (TPSA) is 94.6 Å². The molecule has 25 heavy (non-hydrogen) atoms. The van der Waals surface area contributed by atoms with Gasteiger partial charge in [-0.05, 0) is 25.0 Å². The Hall–Kier alpha value is -2.87. The van der Waals surface area contributed by atoms with E-state index in [4.69, 9.17) is 14.2 Å². The van der Waals surface area contributed by atoms with Gasteiger partial charge >= 0.3 is 0 Å². The predicted octanol–water partition coefficient (Wildman–Crippen LogP) is 1.86. The molecule has 1 aromatic heterocycles. The number of carbonyl (C=O) groups excluding carboxylic acids is 1. The van der Waals surface area contributed by atoms with E-state index in [0.717, 1.165) is 25.1 Å². The number of ether oxygens (including phenoxy) is 3. The van der Waals surface area contributed by atoms with Crippen LogP contribution in [0.2, 0.25) is 0 Å². The molecule has 1 aromatic carbocycles. The van der Waals surface area contributed by atoms with E-state index in [0.29, 0.717) is 29.6 Å². The van der Waals surface area contributed by atoms with Crippen molar-refractivity contribution < 1.29 is 19.0 Å². The number of nitrogens with one attached hydrogen (secondary N) is 2. The number of hydrogen-bond donors (Lipinski definition) is 2. The number of hydrogen-bond acceptors (Lipinski definition) is 7. The van der Waals surface area contributed by atoms with Crippen LogP contribution in [0.4, 0.5) is 11.5 Å². The minimum atomic E-state index is -0.244. The van der Waals surface area contributed by atoms with E-state index in [9.17, 15) is 4.79 Å². The average Bonchev–Trinajstić information content (AvgIpc) is 3.31. The number of nitrogens with zero attached hydrogens (tertiary/aromatic N) is 2. The van der Waals surface area contributed by atoms with Crippen LogP contribution in [0.3, 0.4) is 0 Å². The quantitative estimate of drug-likeness (QED) is 0.856. The maximum atomic E-state index is 12.2. The Bertz CT molecular complexity index is 777. The van der Waals surface area contributed by atoms with Crippen molar-refractivity contribution in [2.75, 3.05) is 25.3 Å². The van der Waals surface area contributed by atoms with E-state index in [1.165, 1.54) is 6.33 Å². The van der Waals surface area contributed by atoms with E-state index >= 15 is 0 Å². The number of aromatic nitrogens is 2. The lowest BCUT2D eigenvalue weighted by molar-refractivity contribution is 0.0853. The van der Waals surface area contributed by atoms with Crippen LogP contribution in [0, 0.1) is 0 Å². The molecule has 2 N–H and O–H groups in total. The smallest absolute Gasteiger partial charge is 0.270 e. The summed E-state index contributed by atoms with van der Waals surface area (Å²) in [4.78, 5) is 20.4. The van der Waals surface area contributed by atoms with E-state index in [1.807, 2.05) is 18.2 Å². The van der Waals surface area contributed by atoms with Crippen molar-refractivity contribution in [3.8, 4) is 11.5 Å². The Balaban J connectivity index is 1.41. The zero-order chi connectivity index (χ0) is 17.1. The maximum absolute atomic E-state index is 12.2. The lowest BCUT2D eigenvalue weighted by Gasteiger charge is -2.11. The third-order valence-corrected chi connectivity index (χ3v) is 4.06. The summed E-state index contributed by atoms with van der Waals surface area (Å²) in [6, 6.07) is 7.10. The zero-order valence-corrected chi connectivity index (χ0v) is 13.5. The first-order valence-corrected chi connectivity index (χ1v) is 8.16. The molecule has 1 amide bonds. The molecule has 3 heterocycles. The Kier molecular flexibility index (Phi) is 4.34. The standard InChI is InChI=1S/C17H18N4O4/c22-17(18-8-12-2-1-5-23-12)13-7-16(20-9-19-13)21-11-3-4-14-15(6-11)25-10-24-14/h3-4,6-7,9,12H,1-2,5,8,10H2,(H,18,22)(H,19,20,21). The molecule has 1 saturated heterocycles. The summed E-state index contributed by atoms with van der Waals surface area (Å²) >= 11 is 0. The van der Waals surface area contributed by atoms with Crippen molar-refractivity contribution in [3.05, 3.63) is 36.3 Å². The highest BCUT2D eigenvalue weighted by Gasteiger charge is 2.18. The van der Waals surface area contributed by atoms with E-state index in [-0.39, 0.29) is 18.8 Å². The molecule has 0 aliphatic carbocycles. The zero-order valence-electron chi connectivity index (χ0n) is 13.5. The Morgan fingerprint density at radius 3 is 3.00 bits per heavy atom. The van der Waals surface area contributed by atoms with Gasteiger partial charge < -0.3 is 24.8 Å². The summed E-state index contributed by atoms with van der Waals surface area (Å²) in [7, 11) is 0. The van der Waals surface area contributed by atoms with Gasteiger partial charge in [0.05, 0.1) is 6.10 Å². The van der Waals surface area contributed by atoms with Gasteiger partial charge in [-0.3, -0.25) is 4.79 Å². The van der Waals surface area contributed by atoms with Gasteiger partial charge in [-0.15, -0.1) is 0 Å². The summed E-state index contributed by atoms with van der Waals surface area (Å²) in [6.07, 6.45) is 3.46. The average molecular weight is 342 g/mol. The number of fused-ring (bicyclic) bond motifs is 1. The molecule has 0 bridgehead atoms. The second-order valence-electron chi connectivity index (χ2n) is 5.83. The summed E-state index contributed by atoms with van der Waals surface area (Å²) in [5.41, 5.74) is 1.09. The van der Waals surface area contributed by atoms with Gasteiger partial charge in [-0.1, -0.05) is 0 Å². The number of carbonyl (C=O) groups is 1. The molecule has 0 radical (unpaired) electrons. The van der Waals surface area contributed by atoms with Gasteiger partial charge in [0.2, 0.25) is 6.79 Å². The fraction of sp³-hybridized carbons (Fsp3) is 0.353. The molecular formula is C17H18N4O4. The van der Waals surface area contributed by atoms with Gasteiger partial charge in [-0.25, -0.2) is 9.97 Å². The van der Waals surface area contributed by atoms with E-state index < -0.39 is 0 Å². The molecule has 0 saturated carbocycles. The van der Waals surface area contributed by atoms with Crippen molar-refractivity contribution in [1.82, 2.24) is 15.3 Å². The van der Waals surface area contributed by atoms with Crippen LogP contribution in [0.1, 0.15) is 23.3 Å². The molecule has 130 valence electrons. The highest BCUT2D eigenvalue weighted by molar-refractivity contribution is 5.93. The lowest BCUT2D eigenvalue weighted by atomic mass is 10.2. The molecular weight excluding hydrogens is 324 g/mol. The molecule has 2 aliphatic heterocycles. The number of anilines is 2. The first-order chi connectivity index (χ1) is 12.3. The van der Waals surface area contributed by atoms with Crippen molar-refractivity contribution in [3.63, 3.8) is 0 Å². The predicted molar refractivity (Wildman–Crippen MR) is 89.2 cm³/mol. The Labute approximate surface area is 144 Å². The highest BCUT2D eigenvalue weighted by Crippen LogP contribution is 2.34. The minimum Gasteiger partial charge on any atom is -0.454 e. The van der Waals surface area contributed by atoms with Crippen LogP contribution in [0.15, 0.2) is 30.6 Å². The second kappa shape index (κ2) is 6.94. The second-order valence-corrected chi connectivity index (χ2v) is 5.83. The fourth-order valence-corrected chi connectivity index (χ4v) is 2.77. The maximum Gasteiger partial charge on any atom is 0.270 e. The van der Waals surface area contributed by atoms with Gasteiger partial charge in [0.15, 0.2) is 11.5 Å². The fourth-order valence-electron chi connectivity index (χ4n) is 2.77. The molecule has 8 heteroatoms. The third kappa shape index (κ3) is 3.63. The Morgan fingerprint density at radius 1 is 1.20 bits per heavy atom. The first kappa shape index (κ1) is 15.6. The van der Waals surface area contributed by atoms with Gasteiger partial charge in [0.25, 0.3) is 5.91 Å². The molecule has 4 rings (SSSR count). The number of rotatable bonds is 5. The molecule has 8 nitrogen and oxygen atoms in total.